The number of benzene rings is 2. The van der Waals surface area contributed by atoms with E-state index in [2.05, 4.69) is 33.0 Å². The molecule has 1 amide bonds. The zero-order chi connectivity index (χ0) is 16.8. The number of hydrogen-bond donors (Lipinski definition) is 1. The van der Waals surface area contributed by atoms with Gasteiger partial charge in [0.2, 0.25) is 0 Å². The Morgan fingerprint density at radius 1 is 1.12 bits per heavy atom. The van der Waals surface area contributed by atoms with E-state index in [1.54, 1.807) is 16.8 Å². The summed E-state index contributed by atoms with van der Waals surface area (Å²) in [5.74, 6) is -0.0705. The third-order valence-corrected chi connectivity index (χ3v) is 3.83. The van der Waals surface area contributed by atoms with Gasteiger partial charge in [-0.05, 0) is 60.0 Å². The smallest absolute Gasteiger partial charge is 0.251 e. The quantitative estimate of drug-likeness (QED) is 0.757. The average molecular weight is 321 g/mol. The molecule has 0 spiro atoms. The lowest BCUT2D eigenvalue weighted by atomic mass is 10.1. The van der Waals surface area contributed by atoms with Gasteiger partial charge in [0.25, 0.3) is 5.91 Å². The monoisotopic (exact) mass is 321 g/mol. The molecule has 0 saturated heterocycles. The van der Waals surface area contributed by atoms with E-state index in [0.29, 0.717) is 5.56 Å². The predicted octanol–water partition coefficient (Wildman–Crippen LogP) is 2.41. The lowest BCUT2D eigenvalue weighted by molar-refractivity contribution is 0.0938. The molecule has 2 aromatic carbocycles. The minimum Gasteiger partial charge on any atom is -0.350 e. The molecule has 24 heavy (non-hydrogen) atoms. The van der Waals surface area contributed by atoms with Crippen molar-refractivity contribution < 1.29 is 4.79 Å². The molecule has 0 fully saturated rings. The van der Waals surface area contributed by atoms with Crippen LogP contribution in [0.25, 0.3) is 5.69 Å². The highest BCUT2D eigenvalue weighted by Gasteiger charge is 2.10. The Balaban J connectivity index is 1.54. The van der Waals surface area contributed by atoms with Crippen molar-refractivity contribution in [1.29, 1.82) is 0 Å². The molecule has 0 radical (unpaired) electrons. The van der Waals surface area contributed by atoms with Gasteiger partial charge < -0.3 is 5.32 Å². The first kappa shape index (κ1) is 15.9. The van der Waals surface area contributed by atoms with Gasteiger partial charge in [0.15, 0.2) is 0 Å². The molecule has 6 heteroatoms. The average Bonchev–Trinajstić information content (AvgIpc) is 3.16. The topological polar surface area (TPSA) is 72.7 Å². The highest BCUT2D eigenvalue weighted by molar-refractivity contribution is 5.94. The maximum Gasteiger partial charge on any atom is 0.251 e. The van der Waals surface area contributed by atoms with Crippen molar-refractivity contribution in [2.24, 2.45) is 0 Å². The highest BCUT2D eigenvalue weighted by Crippen LogP contribution is 2.09. The maximum absolute atomic E-state index is 12.3. The summed E-state index contributed by atoms with van der Waals surface area (Å²) in [6.45, 7) is 2.02. The molecule has 1 N–H and O–H groups in total. The van der Waals surface area contributed by atoms with Gasteiger partial charge in [-0.2, -0.15) is 0 Å². The summed E-state index contributed by atoms with van der Waals surface area (Å²) in [5.41, 5.74) is 2.72. The summed E-state index contributed by atoms with van der Waals surface area (Å²) in [6, 6.07) is 17.6. The van der Waals surface area contributed by atoms with Gasteiger partial charge in [-0.15, -0.1) is 5.10 Å². The lowest BCUT2D eigenvalue weighted by Crippen LogP contribution is -2.32. The van der Waals surface area contributed by atoms with Crippen LogP contribution in [0.1, 0.15) is 29.3 Å². The predicted molar refractivity (Wildman–Crippen MR) is 90.8 cm³/mol. The van der Waals surface area contributed by atoms with E-state index < -0.39 is 0 Å². The van der Waals surface area contributed by atoms with Gasteiger partial charge in [0.1, 0.15) is 6.33 Å². The Morgan fingerprint density at radius 3 is 2.54 bits per heavy atom. The number of nitrogens with zero attached hydrogens (tertiary/aromatic N) is 4. The third-order valence-electron chi connectivity index (χ3n) is 3.83. The zero-order valence-corrected chi connectivity index (χ0v) is 13.5. The van der Waals surface area contributed by atoms with Gasteiger partial charge in [-0.1, -0.05) is 30.3 Å². The number of nitrogens with one attached hydrogen (secondary N) is 1. The largest absolute Gasteiger partial charge is 0.350 e. The number of hydrogen-bond acceptors (Lipinski definition) is 4. The van der Waals surface area contributed by atoms with Crippen molar-refractivity contribution in [3.63, 3.8) is 0 Å². The Kier molecular flexibility index (Phi) is 4.96. The van der Waals surface area contributed by atoms with E-state index in [4.69, 9.17) is 0 Å². The van der Waals surface area contributed by atoms with Crippen LogP contribution in [-0.2, 0) is 6.42 Å². The molecule has 0 aliphatic heterocycles. The molecule has 3 aromatic rings. The molecule has 0 saturated carbocycles. The number of aryl methyl sites for hydroxylation is 1. The number of carbonyl (C=O) groups excluding carboxylic acids is 1. The SMILES string of the molecule is C[C@H](CCc1ccccc1)NC(=O)c1ccc(-n2cnnn2)cc1. The molecule has 1 heterocycles. The number of rotatable bonds is 6. The zero-order valence-electron chi connectivity index (χ0n) is 13.5. The Bertz CT molecular complexity index is 769. The fourth-order valence-corrected chi connectivity index (χ4v) is 2.45. The molecular formula is C18H19N5O. The van der Waals surface area contributed by atoms with Crippen molar-refractivity contribution in [2.45, 2.75) is 25.8 Å². The highest BCUT2D eigenvalue weighted by atomic mass is 16.1. The third kappa shape index (κ3) is 4.04. The summed E-state index contributed by atoms with van der Waals surface area (Å²) >= 11 is 0. The lowest BCUT2D eigenvalue weighted by Gasteiger charge is -2.14. The van der Waals surface area contributed by atoms with Gasteiger partial charge in [-0.25, -0.2) is 4.68 Å². The molecular weight excluding hydrogens is 302 g/mol. The van der Waals surface area contributed by atoms with Gasteiger partial charge in [0.05, 0.1) is 5.69 Å². The van der Waals surface area contributed by atoms with Crippen LogP contribution in [-0.4, -0.2) is 32.2 Å². The molecule has 1 aromatic heterocycles. The molecule has 6 nitrogen and oxygen atoms in total. The summed E-state index contributed by atoms with van der Waals surface area (Å²) in [6.07, 6.45) is 3.36. The van der Waals surface area contributed by atoms with Crippen LogP contribution in [0.5, 0.6) is 0 Å². The van der Waals surface area contributed by atoms with E-state index in [9.17, 15) is 4.79 Å². The Morgan fingerprint density at radius 2 is 1.88 bits per heavy atom. The van der Waals surface area contributed by atoms with E-state index in [1.165, 1.54) is 11.9 Å². The van der Waals surface area contributed by atoms with E-state index >= 15 is 0 Å². The van der Waals surface area contributed by atoms with Crippen molar-refractivity contribution in [1.82, 2.24) is 25.5 Å². The van der Waals surface area contributed by atoms with Gasteiger partial charge in [0, 0.05) is 11.6 Å². The van der Waals surface area contributed by atoms with Gasteiger partial charge in [-0.3, -0.25) is 4.79 Å². The van der Waals surface area contributed by atoms with E-state index in [-0.39, 0.29) is 11.9 Å². The molecule has 0 aliphatic rings. The van der Waals surface area contributed by atoms with Crippen LogP contribution in [0.15, 0.2) is 60.9 Å². The van der Waals surface area contributed by atoms with Gasteiger partial charge >= 0.3 is 0 Å². The van der Waals surface area contributed by atoms with Crippen LogP contribution in [0.4, 0.5) is 0 Å². The second-order valence-electron chi connectivity index (χ2n) is 5.70. The Hall–Kier alpha value is -3.02. The first-order valence-electron chi connectivity index (χ1n) is 7.90. The molecule has 1 atom stereocenters. The number of aromatic nitrogens is 4. The maximum atomic E-state index is 12.3. The number of carbonyl (C=O) groups is 1. The first-order chi connectivity index (χ1) is 11.7. The van der Waals surface area contributed by atoms with Crippen molar-refractivity contribution in [3.05, 3.63) is 72.1 Å². The van der Waals surface area contributed by atoms with Crippen LogP contribution in [0, 0.1) is 0 Å². The summed E-state index contributed by atoms with van der Waals surface area (Å²) in [7, 11) is 0. The van der Waals surface area contributed by atoms with Crippen LogP contribution in [0.3, 0.4) is 0 Å². The fourth-order valence-electron chi connectivity index (χ4n) is 2.45. The normalized spacial score (nSPS) is 11.9. The molecule has 3 rings (SSSR count). The van der Waals surface area contributed by atoms with E-state index in [1.807, 2.05) is 37.3 Å². The van der Waals surface area contributed by atoms with Crippen molar-refractivity contribution >= 4 is 5.91 Å². The van der Waals surface area contributed by atoms with Crippen LogP contribution >= 0.6 is 0 Å². The van der Waals surface area contributed by atoms with Crippen LogP contribution in [0.2, 0.25) is 0 Å². The van der Waals surface area contributed by atoms with Crippen LogP contribution < -0.4 is 5.32 Å². The first-order valence-corrected chi connectivity index (χ1v) is 7.90. The Labute approximate surface area is 140 Å². The summed E-state index contributed by atoms with van der Waals surface area (Å²) in [5, 5.41) is 14.0. The summed E-state index contributed by atoms with van der Waals surface area (Å²) < 4.78 is 1.55. The molecule has 0 bridgehead atoms. The minimum absolute atomic E-state index is 0.0705. The van der Waals surface area contributed by atoms with Crippen molar-refractivity contribution in [2.75, 3.05) is 0 Å². The molecule has 0 unspecified atom stereocenters. The van der Waals surface area contributed by atoms with Crippen molar-refractivity contribution in [3.8, 4) is 5.69 Å². The standard InChI is InChI=1S/C18H19N5O/c1-14(7-8-15-5-3-2-4-6-15)20-18(24)16-9-11-17(12-10-16)23-13-19-21-22-23/h2-6,9-14H,7-8H2,1H3,(H,20,24)/t14-/m1/s1. The number of amides is 1. The number of tetrazole rings is 1. The second kappa shape index (κ2) is 7.50. The van der Waals surface area contributed by atoms with E-state index in [0.717, 1.165) is 18.5 Å². The molecule has 122 valence electrons. The fraction of sp³-hybridized carbons (Fsp3) is 0.222. The second-order valence-corrected chi connectivity index (χ2v) is 5.70. The minimum atomic E-state index is -0.0705. The molecule has 0 aliphatic carbocycles. The summed E-state index contributed by atoms with van der Waals surface area (Å²) in [4.78, 5) is 12.3.